The highest BCUT2D eigenvalue weighted by Gasteiger charge is 2.21. The number of methoxy groups -OCH3 is 2. The van der Waals surface area contributed by atoms with Crippen LogP contribution in [-0.4, -0.2) is 35.3 Å². The summed E-state index contributed by atoms with van der Waals surface area (Å²) in [7, 11) is -1.07. The van der Waals surface area contributed by atoms with Gasteiger partial charge >= 0.3 is 6.09 Å². The van der Waals surface area contributed by atoms with Gasteiger partial charge in [-0.1, -0.05) is 0 Å². The molecule has 0 aliphatic heterocycles. The molecule has 0 spiro atoms. The van der Waals surface area contributed by atoms with E-state index in [-0.39, 0.29) is 22.9 Å². The molecule has 1 amide bonds. The van der Waals surface area contributed by atoms with Crippen LogP contribution >= 0.6 is 0 Å². The van der Waals surface area contributed by atoms with Crippen LogP contribution in [0.5, 0.6) is 11.5 Å². The summed E-state index contributed by atoms with van der Waals surface area (Å²) in [6.07, 6.45) is -0.677. The van der Waals surface area contributed by atoms with Crippen molar-refractivity contribution in [3.8, 4) is 11.5 Å². The Hall–Kier alpha value is -2.94. The molecule has 0 aliphatic rings. The van der Waals surface area contributed by atoms with Crippen molar-refractivity contribution >= 4 is 27.5 Å². The van der Waals surface area contributed by atoms with Crippen LogP contribution in [0.15, 0.2) is 47.4 Å². The summed E-state index contributed by atoms with van der Waals surface area (Å²) < 4.78 is 42.9. The Bertz CT molecular complexity index is 865. The molecule has 2 rings (SSSR count). The molecule has 9 heteroatoms. The van der Waals surface area contributed by atoms with E-state index in [0.717, 1.165) is 0 Å². The molecule has 0 saturated carbocycles. The van der Waals surface area contributed by atoms with E-state index in [1.54, 1.807) is 31.2 Å². The number of rotatable bonds is 7. The molecule has 140 valence electrons. The summed E-state index contributed by atoms with van der Waals surface area (Å²) >= 11 is 0. The van der Waals surface area contributed by atoms with E-state index in [4.69, 9.17) is 14.2 Å². The second-order valence-corrected chi connectivity index (χ2v) is 6.70. The molecule has 8 nitrogen and oxygen atoms in total. The highest BCUT2D eigenvalue weighted by molar-refractivity contribution is 7.92. The van der Waals surface area contributed by atoms with Gasteiger partial charge in [-0.2, -0.15) is 0 Å². The van der Waals surface area contributed by atoms with E-state index in [1.807, 2.05) is 0 Å². The normalized spacial score (nSPS) is 10.7. The average molecular weight is 380 g/mol. The quantitative estimate of drug-likeness (QED) is 0.765. The second kappa shape index (κ2) is 8.43. The molecule has 2 N–H and O–H groups in total. The van der Waals surface area contributed by atoms with Gasteiger partial charge in [-0.3, -0.25) is 10.0 Å². The van der Waals surface area contributed by atoms with Crippen molar-refractivity contribution in [2.75, 3.05) is 30.9 Å². The molecular formula is C17H20N2O6S. The molecule has 0 fully saturated rings. The number of carbonyl (C=O) groups excluding carboxylic acids is 1. The lowest BCUT2D eigenvalue weighted by Crippen LogP contribution is -2.16. The van der Waals surface area contributed by atoms with Crippen molar-refractivity contribution in [1.82, 2.24) is 0 Å². The first kappa shape index (κ1) is 19.4. The molecule has 2 aromatic carbocycles. The number of anilines is 2. The standard InChI is InChI=1S/C17H20N2O6S/c1-4-25-17(20)18-13-7-10-15(24-3)16(11-13)26(21,22)19-12-5-8-14(23-2)9-6-12/h5-11,19H,4H2,1-3H3,(H,18,20). The molecule has 0 radical (unpaired) electrons. The van der Waals surface area contributed by atoms with E-state index < -0.39 is 16.1 Å². The molecule has 2 aromatic rings. The number of nitrogens with one attached hydrogen (secondary N) is 2. The lowest BCUT2D eigenvalue weighted by molar-refractivity contribution is 0.168. The zero-order valence-corrected chi connectivity index (χ0v) is 15.4. The van der Waals surface area contributed by atoms with E-state index in [0.29, 0.717) is 11.4 Å². The number of hydrogen-bond acceptors (Lipinski definition) is 6. The van der Waals surface area contributed by atoms with Crippen molar-refractivity contribution in [2.24, 2.45) is 0 Å². The van der Waals surface area contributed by atoms with Crippen LogP contribution in [0.2, 0.25) is 0 Å². The summed E-state index contributed by atoms with van der Waals surface area (Å²) in [5.41, 5.74) is 0.621. The van der Waals surface area contributed by atoms with Gasteiger partial charge in [0.15, 0.2) is 0 Å². The topological polar surface area (TPSA) is 103 Å². The number of benzene rings is 2. The van der Waals surface area contributed by atoms with Crippen LogP contribution in [0.3, 0.4) is 0 Å². The molecule has 0 heterocycles. The third kappa shape index (κ3) is 4.79. The van der Waals surface area contributed by atoms with Gasteiger partial charge < -0.3 is 14.2 Å². The highest BCUT2D eigenvalue weighted by atomic mass is 32.2. The van der Waals surface area contributed by atoms with Gasteiger partial charge in [0.2, 0.25) is 0 Å². The predicted molar refractivity (Wildman–Crippen MR) is 97.4 cm³/mol. The van der Waals surface area contributed by atoms with Crippen LogP contribution in [0.1, 0.15) is 6.92 Å². The van der Waals surface area contributed by atoms with E-state index in [9.17, 15) is 13.2 Å². The fraction of sp³-hybridized carbons (Fsp3) is 0.235. The molecule has 26 heavy (non-hydrogen) atoms. The Labute approximate surface area is 152 Å². The van der Waals surface area contributed by atoms with E-state index >= 15 is 0 Å². The third-order valence-corrected chi connectivity index (χ3v) is 4.72. The van der Waals surface area contributed by atoms with Crippen molar-refractivity contribution in [3.05, 3.63) is 42.5 Å². The van der Waals surface area contributed by atoms with E-state index in [1.165, 1.54) is 32.4 Å². The number of sulfonamides is 1. The molecule has 0 aromatic heterocycles. The summed E-state index contributed by atoms with van der Waals surface area (Å²) in [4.78, 5) is 11.4. The number of carbonyl (C=O) groups is 1. The maximum absolute atomic E-state index is 12.7. The van der Waals surface area contributed by atoms with E-state index in [2.05, 4.69) is 10.0 Å². The smallest absolute Gasteiger partial charge is 0.411 e. The van der Waals surface area contributed by atoms with Crippen LogP contribution in [-0.2, 0) is 14.8 Å². The van der Waals surface area contributed by atoms with Crippen LogP contribution < -0.4 is 19.5 Å². The van der Waals surface area contributed by atoms with Crippen molar-refractivity contribution in [1.29, 1.82) is 0 Å². The maximum Gasteiger partial charge on any atom is 0.411 e. The van der Waals surface area contributed by atoms with Crippen molar-refractivity contribution in [3.63, 3.8) is 0 Å². The van der Waals surface area contributed by atoms with Gasteiger partial charge in [0.25, 0.3) is 10.0 Å². The zero-order valence-electron chi connectivity index (χ0n) is 14.6. The van der Waals surface area contributed by atoms with Gasteiger partial charge in [-0.05, 0) is 49.4 Å². The minimum atomic E-state index is -3.95. The molecule has 0 saturated heterocycles. The summed E-state index contributed by atoms with van der Waals surface area (Å²) in [5.74, 6) is 0.742. The largest absolute Gasteiger partial charge is 0.497 e. The van der Waals surface area contributed by atoms with Gasteiger partial charge in [0.1, 0.15) is 16.4 Å². The predicted octanol–water partition coefficient (Wildman–Crippen LogP) is 3.07. The molecule has 0 aliphatic carbocycles. The zero-order chi connectivity index (χ0) is 19.2. The monoisotopic (exact) mass is 380 g/mol. The van der Waals surface area contributed by atoms with Gasteiger partial charge in [0.05, 0.1) is 20.8 Å². The van der Waals surface area contributed by atoms with Crippen molar-refractivity contribution < 1.29 is 27.4 Å². The number of ether oxygens (including phenoxy) is 3. The first-order valence-corrected chi connectivity index (χ1v) is 9.16. The molecule has 0 atom stereocenters. The van der Waals surface area contributed by atoms with Gasteiger partial charge in [-0.15, -0.1) is 0 Å². The first-order chi connectivity index (χ1) is 12.4. The minimum absolute atomic E-state index is 0.120. The Kier molecular flexibility index (Phi) is 6.29. The third-order valence-electron chi connectivity index (χ3n) is 3.32. The number of hydrogen-bond donors (Lipinski definition) is 2. The summed E-state index contributed by atoms with van der Waals surface area (Å²) in [6.45, 7) is 1.87. The lowest BCUT2D eigenvalue weighted by atomic mass is 10.3. The molecular weight excluding hydrogens is 360 g/mol. The molecule has 0 bridgehead atoms. The summed E-state index contributed by atoms with van der Waals surface area (Å²) in [5, 5.41) is 2.46. The fourth-order valence-electron chi connectivity index (χ4n) is 2.12. The lowest BCUT2D eigenvalue weighted by Gasteiger charge is -2.14. The Morgan fingerprint density at radius 2 is 1.65 bits per heavy atom. The second-order valence-electron chi connectivity index (χ2n) is 5.05. The average Bonchev–Trinajstić information content (AvgIpc) is 2.62. The Morgan fingerprint density at radius 1 is 1.00 bits per heavy atom. The Balaban J connectivity index is 2.31. The van der Waals surface area contributed by atoms with Crippen LogP contribution in [0, 0.1) is 0 Å². The molecule has 0 unspecified atom stereocenters. The summed E-state index contributed by atoms with van der Waals surface area (Å²) in [6, 6.07) is 10.7. The first-order valence-electron chi connectivity index (χ1n) is 7.68. The SMILES string of the molecule is CCOC(=O)Nc1ccc(OC)c(S(=O)(=O)Nc2ccc(OC)cc2)c1. The highest BCUT2D eigenvalue weighted by Crippen LogP contribution is 2.29. The van der Waals surface area contributed by atoms with Gasteiger partial charge in [0, 0.05) is 11.4 Å². The Morgan fingerprint density at radius 3 is 2.23 bits per heavy atom. The van der Waals surface area contributed by atoms with Crippen LogP contribution in [0.25, 0.3) is 0 Å². The fourth-order valence-corrected chi connectivity index (χ4v) is 3.37. The number of amides is 1. The maximum atomic E-state index is 12.7. The minimum Gasteiger partial charge on any atom is -0.497 e. The van der Waals surface area contributed by atoms with Crippen molar-refractivity contribution in [2.45, 2.75) is 11.8 Å². The van der Waals surface area contributed by atoms with Crippen LogP contribution in [0.4, 0.5) is 16.2 Å². The van der Waals surface area contributed by atoms with Gasteiger partial charge in [-0.25, -0.2) is 13.2 Å².